The molecule has 2 fully saturated rings. The van der Waals surface area contributed by atoms with Crippen molar-refractivity contribution in [3.05, 3.63) is 58.2 Å². The number of methoxy groups -OCH3 is 1. The molecule has 1 amide bonds. The second kappa shape index (κ2) is 12.1. The van der Waals surface area contributed by atoms with E-state index in [0.717, 1.165) is 18.9 Å². The van der Waals surface area contributed by atoms with E-state index in [1.54, 1.807) is 24.3 Å². The molecule has 41 heavy (non-hydrogen) atoms. The molecular weight excluding hydrogens is 565 g/mol. The van der Waals surface area contributed by atoms with E-state index in [4.69, 9.17) is 25.8 Å². The molecule has 3 heterocycles. The number of pyridine rings is 1. The van der Waals surface area contributed by atoms with E-state index in [1.807, 2.05) is 20.8 Å². The molecule has 1 N–H and O–H groups in total. The molecule has 0 unspecified atom stereocenters. The number of hydrogen-bond acceptors (Lipinski definition) is 6. The molecule has 0 bridgehead atoms. The number of amides is 1. The number of aromatic nitrogens is 1. The Morgan fingerprint density at radius 1 is 1.20 bits per heavy atom. The zero-order chi connectivity index (χ0) is 30.1. The van der Waals surface area contributed by atoms with Crippen molar-refractivity contribution in [1.82, 2.24) is 9.88 Å². The van der Waals surface area contributed by atoms with Gasteiger partial charge in [0, 0.05) is 29.3 Å². The van der Waals surface area contributed by atoms with E-state index in [1.165, 1.54) is 12.0 Å². The zero-order valence-electron chi connectivity index (χ0n) is 23.3. The van der Waals surface area contributed by atoms with Gasteiger partial charge in [-0.2, -0.15) is 13.2 Å². The molecule has 12 heteroatoms. The highest BCUT2D eigenvalue weighted by Gasteiger charge is 2.60. The van der Waals surface area contributed by atoms with Crippen LogP contribution >= 0.6 is 11.6 Å². The molecule has 8 nitrogen and oxygen atoms in total. The average molecular weight is 599 g/mol. The van der Waals surface area contributed by atoms with Gasteiger partial charge >= 0.3 is 12.1 Å². The molecule has 1 aromatic carbocycles. The molecule has 0 radical (unpaired) electrons. The monoisotopic (exact) mass is 598 g/mol. The topological polar surface area (TPSA) is 98.2 Å². The molecule has 1 aromatic heterocycles. The highest BCUT2D eigenvalue weighted by Crippen LogP contribution is 2.51. The summed E-state index contributed by atoms with van der Waals surface area (Å²) in [7, 11) is 1.28. The number of halogens is 4. The van der Waals surface area contributed by atoms with Crippen molar-refractivity contribution in [1.29, 1.82) is 0 Å². The first kappa shape index (κ1) is 31.1. The van der Waals surface area contributed by atoms with Crippen LogP contribution in [0.25, 0.3) is 0 Å². The van der Waals surface area contributed by atoms with Crippen LogP contribution in [0.1, 0.15) is 62.8 Å². The van der Waals surface area contributed by atoms with Crippen LogP contribution in [-0.4, -0.2) is 58.8 Å². The molecule has 2 aromatic rings. The van der Waals surface area contributed by atoms with Gasteiger partial charge in [-0.3, -0.25) is 4.79 Å². The maximum Gasteiger partial charge on any atom is 0.417 e. The smallest absolute Gasteiger partial charge is 0.417 e. The summed E-state index contributed by atoms with van der Waals surface area (Å²) in [6.45, 7) is 5.51. The maximum absolute atomic E-state index is 14.0. The Kier molecular flexibility index (Phi) is 9.20. The molecule has 2 aliphatic rings. The second-order valence-corrected chi connectivity index (χ2v) is 11.8. The highest BCUT2D eigenvalue weighted by molar-refractivity contribution is 6.31. The zero-order valence-corrected chi connectivity index (χ0v) is 24.0. The minimum atomic E-state index is -4.65. The normalized spacial score (nSPS) is 25.3. The molecule has 0 aliphatic carbocycles. The number of ether oxygens (including phenoxy) is 3. The van der Waals surface area contributed by atoms with E-state index in [2.05, 4.69) is 4.98 Å². The van der Waals surface area contributed by atoms with Gasteiger partial charge in [0.2, 0.25) is 5.88 Å². The lowest BCUT2D eigenvalue weighted by atomic mass is 9.73. The number of alkyl halides is 3. The summed E-state index contributed by atoms with van der Waals surface area (Å²) in [5, 5.41) is 10.8. The Balaban J connectivity index is 1.84. The van der Waals surface area contributed by atoms with Crippen LogP contribution in [0, 0.1) is 11.3 Å². The quantitative estimate of drug-likeness (QED) is 0.423. The first-order valence-corrected chi connectivity index (χ1v) is 13.8. The van der Waals surface area contributed by atoms with Gasteiger partial charge < -0.3 is 24.2 Å². The average Bonchev–Trinajstić information content (AvgIpc) is 3.27. The summed E-state index contributed by atoms with van der Waals surface area (Å²) in [5.74, 6) is -2.55. The number of carboxylic acid groups (broad SMARTS) is 1. The van der Waals surface area contributed by atoms with Crippen LogP contribution in [-0.2, 0) is 31.8 Å². The standard InChI is InChI=1S/C29H34ClF3N2O6/c1-28(2,3)21-23(27(37)38)35(26(36)20-11-7-8-12-40-20)22(18-9-5-6-10-19(18)30)24(21)41-15-16-13-17(29(31,32)33)14-34-25(16)39-4/h5-6,9-10,13-14,20-24H,7-8,11-12,15H2,1-4H3,(H,37,38)/t20-,21-,22+,23+,24+/m1/s1. The van der Waals surface area contributed by atoms with Crippen molar-refractivity contribution in [2.45, 2.75) is 77.1 Å². The third-order valence-electron chi connectivity index (χ3n) is 7.67. The summed E-state index contributed by atoms with van der Waals surface area (Å²) < 4.78 is 57.8. The number of likely N-dealkylation sites (tertiary alicyclic amines) is 1. The first-order valence-electron chi connectivity index (χ1n) is 13.4. The Bertz CT molecular complexity index is 1260. The third-order valence-corrected chi connectivity index (χ3v) is 8.01. The van der Waals surface area contributed by atoms with E-state index in [-0.39, 0.29) is 18.1 Å². The summed E-state index contributed by atoms with van der Waals surface area (Å²) in [6, 6.07) is 5.37. The highest BCUT2D eigenvalue weighted by atomic mass is 35.5. The number of hydrogen-bond donors (Lipinski definition) is 1. The second-order valence-electron chi connectivity index (χ2n) is 11.4. The molecule has 2 aliphatic heterocycles. The fourth-order valence-corrected chi connectivity index (χ4v) is 6.11. The third kappa shape index (κ3) is 6.47. The number of rotatable bonds is 7. The maximum atomic E-state index is 14.0. The summed E-state index contributed by atoms with van der Waals surface area (Å²) in [4.78, 5) is 32.1. The Morgan fingerprint density at radius 2 is 1.90 bits per heavy atom. The number of carbonyl (C=O) groups is 2. The van der Waals surface area contributed by atoms with Gasteiger partial charge in [-0.15, -0.1) is 0 Å². The lowest BCUT2D eigenvalue weighted by Gasteiger charge is -2.35. The fraction of sp³-hybridized carbons (Fsp3) is 0.552. The van der Waals surface area contributed by atoms with Gasteiger partial charge in [-0.25, -0.2) is 9.78 Å². The Morgan fingerprint density at radius 3 is 2.46 bits per heavy atom. The van der Waals surface area contributed by atoms with Crippen molar-refractivity contribution in [3.8, 4) is 5.88 Å². The predicted octanol–water partition coefficient (Wildman–Crippen LogP) is 5.92. The van der Waals surface area contributed by atoms with Crippen molar-refractivity contribution >= 4 is 23.5 Å². The van der Waals surface area contributed by atoms with Crippen LogP contribution in [0.15, 0.2) is 36.5 Å². The number of carboxylic acids is 1. The van der Waals surface area contributed by atoms with Gasteiger partial charge in [0.05, 0.1) is 31.4 Å². The van der Waals surface area contributed by atoms with Crippen molar-refractivity contribution in [2.75, 3.05) is 13.7 Å². The lowest BCUT2D eigenvalue weighted by molar-refractivity contribution is -0.159. The molecule has 0 saturated carbocycles. The van der Waals surface area contributed by atoms with Crippen LogP contribution in [0.5, 0.6) is 5.88 Å². The van der Waals surface area contributed by atoms with Gasteiger partial charge in [0.15, 0.2) is 0 Å². The molecule has 224 valence electrons. The Labute approximate surface area is 241 Å². The van der Waals surface area contributed by atoms with Crippen LogP contribution in [0.2, 0.25) is 5.02 Å². The largest absolute Gasteiger partial charge is 0.481 e. The molecule has 0 spiro atoms. The number of carbonyl (C=O) groups excluding carboxylic acids is 1. The first-order chi connectivity index (χ1) is 19.3. The van der Waals surface area contributed by atoms with Crippen molar-refractivity contribution in [2.24, 2.45) is 11.3 Å². The SMILES string of the molecule is COc1ncc(C(F)(F)F)cc1CO[C@H]1[C@H](C(C)(C)C)[C@@H](C(=O)O)N(C(=O)[C@H]2CCCCO2)[C@H]1c1ccccc1Cl. The number of benzene rings is 1. The van der Waals surface area contributed by atoms with Crippen LogP contribution in [0.3, 0.4) is 0 Å². The minimum absolute atomic E-state index is 0.0279. The van der Waals surface area contributed by atoms with Gasteiger partial charge in [-0.1, -0.05) is 50.6 Å². The molecule has 4 rings (SSSR count). The van der Waals surface area contributed by atoms with Gasteiger partial charge in [0.1, 0.15) is 12.1 Å². The van der Waals surface area contributed by atoms with E-state index in [9.17, 15) is 27.9 Å². The fourth-order valence-electron chi connectivity index (χ4n) is 5.86. The molecule has 5 atom stereocenters. The number of aliphatic carboxylic acids is 1. The van der Waals surface area contributed by atoms with E-state index >= 15 is 0 Å². The minimum Gasteiger partial charge on any atom is -0.481 e. The van der Waals surface area contributed by atoms with E-state index < -0.39 is 59.2 Å². The summed E-state index contributed by atoms with van der Waals surface area (Å²) >= 11 is 6.62. The van der Waals surface area contributed by atoms with Crippen molar-refractivity contribution < 1.29 is 42.1 Å². The van der Waals surface area contributed by atoms with Crippen LogP contribution < -0.4 is 4.74 Å². The Hall–Kier alpha value is -2.89. The van der Waals surface area contributed by atoms with E-state index in [0.29, 0.717) is 29.8 Å². The molecular formula is C29H34ClF3N2O6. The van der Waals surface area contributed by atoms with Crippen LogP contribution in [0.4, 0.5) is 13.2 Å². The summed E-state index contributed by atoms with van der Waals surface area (Å²) in [6.07, 6.45) is -3.78. The van der Waals surface area contributed by atoms with Gasteiger partial charge in [-0.05, 0) is 42.4 Å². The molecule has 2 saturated heterocycles. The lowest BCUT2D eigenvalue weighted by Crippen LogP contribution is -2.51. The van der Waals surface area contributed by atoms with Gasteiger partial charge in [0.25, 0.3) is 5.91 Å². The van der Waals surface area contributed by atoms with Crippen molar-refractivity contribution in [3.63, 3.8) is 0 Å². The predicted molar refractivity (Wildman–Crippen MR) is 143 cm³/mol. The summed E-state index contributed by atoms with van der Waals surface area (Å²) in [5.41, 5.74) is -1.20. The number of nitrogens with zero attached hydrogens (tertiary/aromatic N) is 2.